The second-order valence-corrected chi connectivity index (χ2v) is 23.1. The molecule has 0 spiro atoms. The highest BCUT2D eigenvalue weighted by Crippen LogP contribution is 2.63. The topological polar surface area (TPSA) is 51.6 Å². The summed E-state index contributed by atoms with van der Waals surface area (Å²) in [6, 6.07) is 28.8. The number of aromatic nitrogens is 4. The molecule has 1 aliphatic carbocycles. The molecule has 0 fully saturated rings. The van der Waals surface area contributed by atoms with E-state index in [9.17, 15) is 0 Å². The van der Waals surface area contributed by atoms with E-state index in [4.69, 9.17) is 17.5 Å². The third-order valence-electron chi connectivity index (χ3n) is 13.9. The lowest BCUT2D eigenvalue weighted by Gasteiger charge is -2.37. The Bertz CT molecular complexity index is 3080. The van der Waals surface area contributed by atoms with Crippen molar-refractivity contribution in [2.24, 2.45) is 11.8 Å². The maximum Gasteiger partial charge on any atom is 0.134 e. The van der Waals surface area contributed by atoms with Crippen molar-refractivity contribution < 1.29 is 8.78 Å². The van der Waals surface area contributed by atoms with Gasteiger partial charge in [-0.2, -0.15) is 17.5 Å². The van der Waals surface area contributed by atoms with E-state index in [0.29, 0.717) is 34.0 Å². The summed E-state index contributed by atoms with van der Waals surface area (Å²) in [4.78, 5) is 6.28. The van der Waals surface area contributed by atoms with Crippen LogP contribution < -0.4 is 0 Å². The Morgan fingerprint density at radius 2 is 0.938 bits per heavy atom. The fourth-order valence-corrected chi connectivity index (χ4v) is 16.6. The van der Waals surface area contributed by atoms with Gasteiger partial charge in [0.05, 0.1) is 34.6 Å². The fourth-order valence-electron chi connectivity index (χ4n) is 10.5. The van der Waals surface area contributed by atoms with Gasteiger partial charge >= 0.3 is 0 Å². The van der Waals surface area contributed by atoms with Crippen LogP contribution >= 0.6 is 68.8 Å². The predicted octanol–water partition coefficient (Wildman–Crippen LogP) is 18.7. The van der Waals surface area contributed by atoms with Crippen LogP contribution in [0, 0.1) is 23.5 Å². The van der Waals surface area contributed by atoms with E-state index in [1.54, 1.807) is 57.5 Å². The van der Waals surface area contributed by atoms with Crippen molar-refractivity contribution >= 4 is 111 Å². The van der Waals surface area contributed by atoms with Crippen molar-refractivity contribution in [2.45, 2.75) is 97.3 Å². The smallest absolute Gasteiger partial charge is 0.134 e. The molecule has 2 atom stereocenters. The molecule has 0 bridgehead atoms. The van der Waals surface area contributed by atoms with Gasteiger partial charge in [0.25, 0.3) is 0 Å². The van der Waals surface area contributed by atoms with Gasteiger partial charge in [0.15, 0.2) is 0 Å². The minimum atomic E-state index is -0.274. The summed E-state index contributed by atoms with van der Waals surface area (Å²) >= 11 is 9.02. The number of thiophene rings is 4. The van der Waals surface area contributed by atoms with E-state index >= 15 is 8.78 Å². The van der Waals surface area contributed by atoms with Gasteiger partial charge in [0.2, 0.25) is 0 Å². The first-order valence-corrected chi connectivity index (χ1v) is 27.7. The van der Waals surface area contributed by atoms with Gasteiger partial charge in [-0.25, -0.2) is 8.78 Å². The van der Waals surface area contributed by atoms with Gasteiger partial charge in [-0.05, 0) is 95.1 Å². The number of nitrogens with zero attached hydrogens (tertiary/aromatic N) is 4. The zero-order valence-corrected chi connectivity index (χ0v) is 41.7. The lowest BCUT2D eigenvalue weighted by Crippen LogP contribution is -2.31. The number of benzene rings is 4. The molecule has 330 valence electrons. The quantitative estimate of drug-likeness (QED) is 0.0968. The molecule has 0 amide bonds. The molecule has 6 aromatic heterocycles. The molecule has 4 aromatic carbocycles. The Kier molecular flexibility index (Phi) is 11.8. The average molecular weight is 971 g/mol. The molecule has 0 saturated heterocycles. The summed E-state index contributed by atoms with van der Waals surface area (Å²) in [5.74, 6) is 0.515. The third-order valence-corrected chi connectivity index (χ3v) is 19.7. The van der Waals surface area contributed by atoms with Gasteiger partial charge < -0.3 is 0 Å². The van der Waals surface area contributed by atoms with Crippen molar-refractivity contribution in [1.29, 1.82) is 0 Å². The first kappa shape index (κ1) is 43.3. The van der Waals surface area contributed by atoms with Crippen molar-refractivity contribution in [1.82, 2.24) is 17.5 Å². The Hall–Kier alpha value is -4.30. The van der Waals surface area contributed by atoms with Gasteiger partial charge in [-0.3, -0.25) is 0 Å². The van der Waals surface area contributed by atoms with E-state index in [2.05, 4.69) is 76.2 Å². The largest absolute Gasteiger partial charge is 0.206 e. The number of unbranched alkanes of at least 4 members (excludes halogenated alkanes) is 2. The van der Waals surface area contributed by atoms with Gasteiger partial charge in [0, 0.05) is 55.2 Å². The van der Waals surface area contributed by atoms with Gasteiger partial charge in [-0.1, -0.05) is 115 Å². The van der Waals surface area contributed by atoms with Crippen LogP contribution in [0.25, 0.3) is 93.8 Å². The summed E-state index contributed by atoms with van der Waals surface area (Å²) in [5.41, 5.74) is 7.86. The summed E-state index contributed by atoms with van der Waals surface area (Å²) in [5, 5.41) is 2.19. The fraction of sp³-hybridized carbons (Fsp3) is 0.321. The number of fused-ring (bicyclic) bond motifs is 7. The summed E-state index contributed by atoms with van der Waals surface area (Å²) in [6.45, 7) is 9.30. The van der Waals surface area contributed by atoms with Crippen LogP contribution in [0.15, 0.2) is 84.9 Å². The normalized spacial score (nSPS) is 14.3. The molecule has 2 unspecified atom stereocenters. The molecule has 11 rings (SSSR count). The van der Waals surface area contributed by atoms with E-state index < -0.39 is 0 Å². The van der Waals surface area contributed by atoms with Crippen molar-refractivity contribution in [2.75, 3.05) is 0 Å². The molecule has 4 nitrogen and oxygen atoms in total. The maximum atomic E-state index is 16.8. The van der Waals surface area contributed by atoms with Crippen LogP contribution in [0.2, 0.25) is 0 Å². The summed E-state index contributed by atoms with van der Waals surface area (Å²) in [6.07, 6.45) is 11.4. The standard InChI is InChI=1S/C53H48F2N4S6/c1-5-9-15-29(7-3)27-53(28-30(8-4)16-10-6-2)35-25-41(33-23-37(54)45(49-47(33)56-64-58-49)43-21-31-17-11-13-19-39(31)60-43)62-51(35)52-36(53)26-42(63-52)34-24-38(55)46(50-48(34)57-65-59-50)44-22-32-18-12-14-20-40(32)61-44/h11-14,17-26,29-30H,5-10,15-16,27-28H2,1-4H3. The molecule has 0 N–H and O–H groups in total. The van der Waals surface area contributed by atoms with E-state index in [1.165, 1.54) is 59.4 Å². The maximum absolute atomic E-state index is 16.8. The highest BCUT2D eigenvalue weighted by Gasteiger charge is 2.48. The minimum Gasteiger partial charge on any atom is -0.206 e. The zero-order chi connectivity index (χ0) is 44.4. The predicted molar refractivity (Wildman–Crippen MR) is 279 cm³/mol. The molecule has 10 aromatic rings. The summed E-state index contributed by atoms with van der Waals surface area (Å²) in [7, 11) is 0. The number of rotatable bonds is 16. The van der Waals surface area contributed by atoms with Crippen molar-refractivity contribution in [3.05, 3.63) is 108 Å². The molecule has 0 aliphatic heterocycles. The molecular formula is C53H48F2N4S6. The monoisotopic (exact) mass is 970 g/mol. The Balaban J connectivity index is 1.10. The van der Waals surface area contributed by atoms with Gasteiger partial charge in [-0.15, -0.1) is 45.3 Å². The van der Waals surface area contributed by atoms with Crippen LogP contribution in [0.1, 0.15) is 103 Å². The van der Waals surface area contributed by atoms with E-state index in [-0.39, 0.29) is 17.0 Å². The zero-order valence-electron chi connectivity index (χ0n) is 36.8. The highest BCUT2D eigenvalue weighted by molar-refractivity contribution is 7.26. The number of hydrogen-bond donors (Lipinski definition) is 0. The Morgan fingerprint density at radius 3 is 1.35 bits per heavy atom. The second kappa shape index (κ2) is 17.7. The molecule has 0 saturated carbocycles. The molecular weight excluding hydrogens is 923 g/mol. The SMILES string of the molecule is CCCCC(CC)CC1(CC(CC)CCCC)c2cc(-c3cc(F)c(-c4cc5ccccc5s4)c4nsnc34)sc2-c2sc(-c3cc(F)c(-c4cc5ccccc5s4)c4nsnc34)cc21. The molecule has 6 heterocycles. The van der Waals surface area contributed by atoms with Crippen LogP contribution in [0.3, 0.4) is 0 Å². The molecule has 0 radical (unpaired) electrons. The Morgan fingerprint density at radius 1 is 0.508 bits per heavy atom. The molecule has 65 heavy (non-hydrogen) atoms. The summed E-state index contributed by atoms with van der Waals surface area (Å²) < 4.78 is 55.2. The molecule has 12 heteroatoms. The van der Waals surface area contributed by atoms with Crippen LogP contribution in [-0.4, -0.2) is 17.5 Å². The van der Waals surface area contributed by atoms with Crippen LogP contribution in [0.5, 0.6) is 0 Å². The Labute approximate surface area is 402 Å². The molecule has 1 aliphatic rings. The van der Waals surface area contributed by atoms with E-state index in [1.807, 2.05) is 24.3 Å². The van der Waals surface area contributed by atoms with Crippen molar-refractivity contribution in [3.63, 3.8) is 0 Å². The average Bonchev–Trinajstić information content (AvgIpc) is 4.18. The first-order valence-electron chi connectivity index (χ1n) is 23.0. The van der Waals surface area contributed by atoms with Crippen LogP contribution in [0.4, 0.5) is 8.78 Å². The van der Waals surface area contributed by atoms with Crippen LogP contribution in [-0.2, 0) is 5.41 Å². The number of hydrogen-bond acceptors (Lipinski definition) is 10. The van der Waals surface area contributed by atoms with Crippen molar-refractivity contribution in [3.8, 4) is 51.5 Å². The highest BCUT2D eigenvalue weighted by atomic mass is 32.1. The second-order valence-electron chi connectivity index (χ2n) is 17.8. The third kappa shape index (κ3) is 7.42. The lowest BCUT2D eigenvalue weighted by molar-refractivity contribution is 0.266. The number of halogens is 2. The van der Waals surface area contributed by atoms with Gasteiger partial charge in [0.1, 0.15) is 33.7 Å². The first-order chi connectivity index (χ1) is 31.8. The lowest BCUT2D eigenvalue weighted by atomic mass is 9.65. The van der Waals surface area contributed by atoms with E-state index in [0.717, 1.165) is 111 Å². The minimum absolute atomic E-state index is 0.263.